The topological polar surface area (TPSA) is 134 Å². The first kappa shape index (κ1) is 22.7. The van der Waals surface area contributed by atoms with Crippen LogP contribution in [0, 0.1) is 5.82 Å². The minimum atomic E-state index is -4.16. The zero-order chi connectivity index (χ0) is 23.6. The first-order chi connectivity index (χ1) is 15.8. The van der Waals surface area contributed by atoms with Crippen molar-refractivity contribution in [2.45, 2.75) is 4.90 Å². The second kappa shape index (κ2) is 9.17. The largest absolute Gasteiger partial charge is 0.382 e. The Morgan fingerprint density at radius 1 is 1.12 bits per heavy atom. The van der Waals surface area contributed by atoms with Gasteiger partial charge in [-0.25, -0.2) is 22.8 Å². The average molecular weight is 472 g/mol. The van der Waals surface area contributed by atoms with E-state index in [0.717, 1.165) is 6.07 Å². The number of sulfonamides is 1. The molecule has 3 aromatic rings. The van der Waals surface area contributed by atoms with Crippen LogP contribution in [0.1, 0.15) is 10.5 Å². The summed E-state index contributed by atoms with van der Waals surface area (Å²) in [5.74, 6) is -1.72. The van der Waals surface area contributed by atoms with Crippen LogP contribution in [0.25, 0.3) is 11.3 Å². The molecule has 0 bridgehead atoms. The molecule has 3 heterocycles. The van der Waals surface area contributed by atoms with Crippen LogP contribution >= 0.6 is 0 Å². The fourth-order valence-corrected chi connectivity index (χ4v) is 5.12. The molecular formula is C21H22FN7O3S. The van der Waals surface area contributed by atoms with Crippen LogP contribution in [-0.4, -0.2) is 71.7 Å². The van der Waals surface area contributed by atoms with Crippen LogP contribution in [-0.2, 0) is 10.0 Å². The molecule has 1 fully saturated rings. The molecule has 0 spiro atoms. The number of hydrogen-bond donors (Lipinski definition) is 2. The van der Waals surface area contributed by atoms with Crippen LogP contribution in [0.15, 0.2) is 53.8 Å². The number of nitrogens with two attached hydrogens (primary N) is 1. The molecule has 3 N–H and O–H groups in total. The minimum Gasteiger partial charge on any atom is -0.382 e. The molecule has 1 amide bonds. The number of nitrogen functional groups attached to an aromatic ring is 1. The molecule has 0 aliphatic carbocycles. The van der Waals surface area contributed by atoms with Crippen LogP contribution in [0.4, 0.5) is 15.9 Å². The summed E-state index contributed by atoms with van der Waals surface area (Å²) in [6.45, 7) is 1.53. The molecule has 0 unspecified atom stereocenters. The number of carbonyl (C=O) groups excluding carboxylic acids is 1. The quantitative estimate of drug-likeness (QED) is 0.571. The van der Waals surface area contributed by atoms with E-state index in [1.54, 1.807) is 18.3 Å². The van der Waals surface area contributed by atoms with Crippen molar-refractivity contribution in [2.75, 3.05) is 44.3 Å². The maximum atomic E-state index is 14.9. The summed E-state index contributed by atoms with van der Waals surface area (Å²) < 4.78 is 42.8. The first-order valence-corrected chi connectivity index (χ1v) is 11.5. The maximum Gasteiger partial charge on any atom is 0.278 e. The number of amides is 1. The smallest absolute Gasteiger partial charge is 0.278 e. The van der Waals surface area contributed by atoms with Crippen molar-refractivity contribution in [2.24, 2.45) is 0 Å². The first-order valence-electron chi connectivity index (χ1n) is 10.1. The van der Waals surface area contributed by atoms with Gasteiger partial charge in [0, 0.05) is 37.9 Å². The van der Waals surface area contributed by atoms with E-state index in [0.29, 0.717) is 18.8 Å². The van der Waals surface area contributed by atoms with Crippen molar-refractivity contribution in [3.05, 3.63) is 60.4 Å². The lowest BCUT2D eigenvalue weighted by molar-refractivity contribution is 0.102. The van der Waals surface area contributed by atoms with Gasteiger partial charge in [0.15, 0.2) is 11.5 Å². The Morgan fingerprint density at radius 3 is 2.58 bits per heavy atom. The van der Waals surface area contributed by atoms with E-state index in [-0.39, 0.29) is 35.9 Å². The van der Waals surface area contributed by atoms with Crippen molar-refractivity contribution in [1.82, 2.24) is 24.2 Å². The molecular weight excluding hydrogens is 449 g/mol. The Bertz CT molecular complexity index is 1280. The Hall–Kier alpha value is -3.48. The van der Waals surface area contributed by atoms with Crippen LogP contribution in [0.3, 0.4) is 0 Å². The van der Waals surface area contributed by atoms with Gasteiger partial charge in [0.05, 0.1) is 23.8 Å². The lowest BCUT2D eigenvalue weighted by Crippen LogP contribution is -2.47. The zero-order valence-electron chi connectivity index (χ0n) is 17.8. The number of hydrogen-bond acceptors (Lipinski definition) is 8. The van der Waals surface area contributed by atoms with E-state index in [1.165, 1.54) is 28.8 Å². The molecule has 172 valence electrons. The lowest BCUT2D eigenvalue weighted by atomic mass is 10.1. The van der Waals surface area contributed by atoms with Crippen molar-refractivity contribution >= 4 is 27.4 Å². The molecule has 0 atom stereocenters. The van der Waals surface area contributed by atoms with E-state index in [9.17, 15) is 17.6 Å². The maximum absolute atomic E-state index is 14.9. The highest BCUT2D eigenvalue weighted by atomic mass is 32.2. The molecule has 4 rings (SSSR count). The lowest BCUT2D eigenvalue weighted by Gasteiger charge is -2.32. The van der Waals surface area contributed by atoms with E-state index < -0.39 is 26.6 Å². The minimum absolute atomic E-state index is 0.00291. The summed E-state index contributed by atoms with van der Waals surface area (Å²) in [6.07, 6.45) is 4.21. The van der Waals surface area contributed by atoms with Crippen molar-refractivity contribution in [1.29, 1.82) is 0 Å². The molecule has 33 heavy (non-hydrogen) atoms. The second-order valence-electron chi connectivity index (χ2n) is 7.51. The van der Waals surface area contributed by atoms with Crippen LogP contribution < -0.4 is 11.1 Å². The molecule has 10 nitrogen and oxygen atoms in total. The highest BCUT2D eigenvalue weighted by Gasteiger charge is 2.33. The number of piperazine rings is 1. The molecule has 12 heteroatoms. The van der Waals surface area contributed by atoms with E-state index in [4.69, 9.17) is 5.73 Å². The Morgan fingerprint density at radius 2 is 1.88 bits per heavy atom. The van der Waals surface area contributed by atoms with Crippen LogP contribution in [0.5, 0.6) is 0 Å². The summed E-state index contributed by atoms with van der Waals surface area (Å²) in [5.41, 5.74) is 6.05. The number of anilines is 2. The van der Waals surface area contributed by atoms with E-state index in [1.807, 2.05) is 11.9 Å². The number of nitrogens with one attached hydrogen (secondary N) is 1. The summed E-state index contributed by atoms with van der Waals surface area (Å²) in [7, 11) is -2.27. The van der Waals surface area contributed by atoms with Gasteiger partial charge in [-0.1, -0.05) is 12.1 Å². The number of nitrogens with zero attached hydrogens (tertiary/aromatic N) is 5. The van der Waals surface area contributed by atoms with Crippen molar-refractivity contribution in [3.8, 4) is 11.3 Å². The van der Waals surface area contributed by atoms with Gasteiger partial charge >= 0.3 is 0 Å². The SMILES string of the molecule is CN1CCN(S(=O)(=O)c2c(F)cccc2-c2cnc(N)c(C(=O)Nc3cccnc3)n2)CC1. The highest BCUT2D eigenvalue weighted by Crippen LogP contribution is 2.31. The number of likely N-dealkylation sites (N-methyl/N-ethyl adjacent to an activating group) is 1. The number of benzene rings is 1. The number of pyridine rings is 1. The number of carbonyl (C=O) groups is 1. The highest BCUT2D eigenvalue weighted by molar-refractivity contribution is 7.89. The van der Waals surface area contributed by atoms with E-state index >= 15 is 0 Å². The Kier molecular flexibility index (Phi) is 6.31. The molecule has 1 aliphatic rings. The van der Waals surface area contributed by atoms with Gasteiger partial charge in [0.2, 0.25) is 10.0 Å². The molecule has 2 aromatic heterocycles. The van der Waals surface area contributed by atoms with Gasteiger partial charge in [-0.3, -0.25) is 9.78 Å². The third kappa shape index (κ3) is 4.67. The third-order valence-corrected chi connectivity index (χ3v) is 7.21. The third-order valence-electron chi connectivity index (χ3n) is 5.24. The summed E-state index contributed by atoms with van der Waals surface area (Å²) in [5, 5.41) is 2.60. The predicted octanol–water partition coefficient (Wildman–Crippen LogP) is 1.45. The predicted molar refractivity (Wildman–Crippen MR) is 120 cm³/mol. The van der Waals surface area contributed by atoms with Crippen molar-refractivity contribution < 1.29 is 17.6 Å². The van der Waals surface area contributed by atoms with Gasteiger partial charge < -0.3 is 16.0 Å². The fourth-order valence-electron chi connectivity index (χ4n) is 3.45. The van der Waals surface area contributed by atoms with Gasteiger partial charge in [-0.15, -0.1) is 0 Å². The van der Waals surface area contributed by atoms with Gasteiger partial charge in [-0.05, 0) is 25.2 Å². The number of rotatable bonds is 5. The standard InChI is InChI=1S/C21H22FN7O3S/c1-28-8-10-29(11-9-28)33(31,32)19-15(5-2-6-16(19)22)17-13-25-20(23)18(27-17)21(30)26-14-4-3-7-24-12-14/h2-7,12-13H,8-11H2,1H3,(H2,23,25)(H,26,30). The van der Waals surface area contributed by atoms with E-state index in [2.05, 4.69) is 20.3 Å². The molecule has 1 saturated heterocycles. The summed E-state index contributed by atoms with van der Waals surface area (Å²) in [6, 6.07) is 7.15. The molecule has 1 aromatic carbocycles. The molecule has 0 radical (unpaired) electrons. The number of halogens is 1. The second-order valence-corrected chi connectivity index (χ2v) is 9.38. The zero-order valence-corrected chi connectivity index (χ0v) is 18.6. The average Bonchev–Trinajstić information content (AvgIpc) is 2.80. The van der Waals surface area contributed by atoms with Gasteiger partial charge in [-0.2, -0.15) is 4.31 Å². The van der Waals surface area contributed by atoms with Gasteiger partial charge in [0.25, 0.3) is 5.91 Å². The van der Waals surface area contributed by atoms with Crippen LogP contribution in [0.2, 0.25) is 0 Å². The Balaban J connectivity index is 1.74. The Labute approximate surface area is 190 Å². The summed E-state index contributed by atoms with van der Waals surface area (Å²) >= 11 is 0. The summed E-state index contributed by atoms with van der Waals surface area (Å²) in [4.78, 5) is 26.4. The fraction of sp³-hybridized carbons (Fsp3) is 0.238. The normalized spacial score (nSPS) is 15.3. The van der Waals surface area contributed by atoms with Crippen molar-refractivity contribution in [3.63, 3.8) is 0 Å². The van der Waals surface area contributed by atoms with Gasteiger partial charge in [0.1, 0.15) is 10.7 Å². The molecule has 1 aliphatic heterocycles. The molecule has 0 saturated carbocycles. The number of aromatic nitrogens is 3. The monoisotopic (exact) mass is 471 g/mol.